The second-order valence-corrected chi connectivity index (χ2v) is 5.61. The molecule has 13 heavy (non-hydrogen) atoms. The Morgan fingerprint density at radius 3 is 2.00 bits per heavy atom. The summed E-state index contributed by atoms with van der Waals surface area (Å²) in [5.41, 5.74) is 0. The molecule has 2 saturated carbocycles. The average Bonchev–Trinajstić information content (AvgIpc) is 2.82. The zero-order valence-corrected chi connectivity index (χ0v) is 9.42. The Hall–Kier alpha value is 0. The van der Waals surface area contributed by atoms with Gasteiger partial charge in [-0.1, -0.05) is 33.6 Å². The van der Waals surface area contributed by atoms with E-state index in [9.17, 15) is 0 Å². The van der Waals surface area contributed by atoms with Crippen LogP contribution in [-0.4, -0.2) is 0 Å². The molecule has 2 aliphatic rings. The molecule has 0 aromatic rings. The lowest BCUT2D eigenvalue weighted by atomic mass is 9.72. The minimum Gasteiger partial charge on any atom is -0.0651 e. The smallest absolute Gasteiger partial charge is 0.0355 e. The Bertz CT molecular complexity index is 173. The maximum Gasteiger partial charge on any atom is -0.0355 e. The molecule has 0 aromatic heterocycles. The molecular weight excluding hydrogens is 156 g/mol. The van der Waals surface area contributed by atoms with Gasteiger partial charge in [0.15, 0.2) is 0 Å². The van der Waals surface area contributed by atoms with Crippen molar-refractivity contribution in [2.75, 3.05) is 0 Å². The van der Waals surface area contributed by atoms with Crippen LogP contribution in [0.3, 0.4) is 0 Å². The monoisotopic (exact) mass is 180 g/mol. The Morgan fingerprint density at radius 2 is 1.54 bits per heavy atom. The first kappa shape index (κ1) is 9.55. The second kappa shape index (κ2) is 3.63. The van der Waals surface area contributed by atoms with E-state index in [1.165, 1.54) is 32.1 Å². The molecule has 5 atom stereocenters. The van der Waals surface area contributed by atoms with Crippen molar-refractivity contribution in [3.63, 3.8) is 0 Å². The fourth-order valence-corrected chi connectivity index (χ4v) is 3.49. The maximum atomic E-state index is 2.50. The molecule has 0 nitrogen and oxygen atoms in total. The quantitative estimate of drug-likeness (QED) is 0.600. The topological polar surface area (TPSA) is 0 Å². The van der Waals surface area contributed by atoms with Crippen LogP contribution in [0.15, 0.2) is 0 Å². The highest BCUT2D eigenvalue weighted by Crippen LogP contribution is 2.51. The van der Waals surface area contributed by atoms with Crippen LogP contribution in [0.1, 0.15) is 52.9 Å². The summed E-state index contributed by atoms with van der Waals surface area (Å²) in [7, 11) is 0. The molecule has 0 bridgehead atoms. The Kier molecular flexibility index (Phi) is 2.67. The van der Waals surface area contributed by atoms with Crippen molar-refractivity contribution >= 4 is 0 Å². The van der Waals surface area contributed by atoms with Gasteiger partial charge in [-0.05, 0) is 48.9 Å². The lowest BCUT2D eigenvalue weighted by Crippen LogP contribution is -2.24. The van der Waals surface area contributed by atoms with Gasteiger partial charge in [0.1, 0.15) is 0 Å². The predicted octanol–water partition coefficient (Wildman–Crippen LogP) is 4.10. The molecule has 0 amide bonds. The van der Waals surface area contributed by atoms with Crippen LogP contribution in [0.4, 0.5) is 0 Å². The summed E-state index contributed by atoms with van der Waals surface area (Å²) in [5.74, 6) is 5.35. The fraction of sp³-hybridized carbons (Fsp3) is 1.00. The molecule has 0 N–H and O–H groups in total. The summed E-state index contributed by atoms with van der Waals surface area (Å²) in [6, 6.07) is 0. The molecule has 2 fully saturated rings. The molecule has 2 rings (SSSR count). The highest BCUT2D eigenvalue weighted by Gasteiger charge is 2.43. The largest absolute Gasteiger partial charge is 0.0651 e. The standard InChI is InChI=1S/C13H24/c1-4-11-5-6-12(9(2)7-11)13-8-10(13)3/h9-13H,4-8H2,1-3H3. The van der Waals surface area contributed by atoms with Crippen molar-refractivity contribution < 1.29 is 0 Å². The molecule has 0 heterocycles. The minimum absolute atomic E-state index is 1.02. The van der Waals surface area contributed by atoms with Crippen LogP contribution in [0, 0.1) is 29.6 Å². The van der Waals surface area contributed by atoms with Gasteiger partial charge >= 0.3 is 0 Å². The van der Waals surface area contributed by atoms with E-state index in [0.29, 0.717) is 0 Å². The van der Waals surface area contributed by atoms with Crippen LogP contribution in [0.2, 0.25) is 0 Å². The van der Waals surface area contributed by atoms with Gasteiger partial charge in [-0.3, -0.25) is 0 Å². The van der Waals surface area contributed by atoms with Gasteiger partial charge in [0, 0.05) is 0 Å². The van der Waals surface area contributed by atoms with Gasteiger partial charge in [-0.15, -0.1) is 0 Å². The van der Waals surface area contributed by atoms with Crippen molar-refractivity contribution in [3.8, 4) is 0 Å². The van der Waals surface area contributed by atoms with Crippen LogP contribution in [0.5, 0.6) is 0 Å². The summed E-state index contributed by atoms with van der Waals surface area (Å²) in [5, 5.41) is 0. The molecule has 0 saturated heterocycles. The molecule has 0 radical (unpaired) electrons. The van der Waals surface area contributed by atoms with E-state index in [-0.39, 0.29) is 0 Å². The Morgan fingerprint density at radius 1 is 0.923 bits per heavy atom. The zero-order chi connectivity index (χ0) is 9.42. The molecule has 76 valence electrons. The zero-order valence-electron chi connectivity index (χ0n) is 9.42. The normalized spacial score (nSPS) is 50.5. The first-order chi connectivity index (χ1) is 6.22. The average molecular weight is 180 g/mol. The van der Waals surface area contributed by atoms with E-state index < -0.39 is 0 Å². The van der Waals surface area contributed by atoms with Crippen LogP contribution in [0.25, 0.3) is 0 Å². The molecule has 0 aromatic carbocycles. The molecule has 2 aliphatic carbocycles. The maximum absolute atomic E-state index is 2.50. The van der Waals surface area contributed by atoms with Gasteiger partial charge in [0.05, 0.1) is 0 Å². The first-order valence-electron chi connectivity index (χ1n) is 6.22. The third kappa shape index (κ3) is 1.92. The van der Waals surface area contributed by atoms with E-state index >= 15 is 0 Å². The van der Waals surface area contributed by atoms with Gasteiger partial charge in [0.25, 0.3) is 0 Å². The predicted molar refractivity (Wildman–Crippen MR) is 57.6 cm³/mol. The lowest BCUT2D eigenvalue weighted by Gasteiger charge is -2.34. The number of hydrogen-bond acceptors (Lipinski definition) is 0. The third-order valence-electron chi connectivity index (χ3n) is 4.64. The van der Waals surface area contributed by atoms with Gasteiger partial charge < -0.3 is 0 Å². The summed E-state index contributed by atoms with van der Waals surface area (Å²) in [6.45, 7) is 7.29. The van der Waals surface area contributed by atoms with Crippen molar-refractivity contribution in [3.05, 3.63) is 0 Å². The number of hydrogen-bond donors (Lipinski definition) is 0. The van der Waals surface area contributed by atoms with Crippen molar-refractivity contribution in [2.24, 2.45) is 29.6 Å². The highest BCUT2D eigenvalue weighted by atomic mass is 14.5. The molecule has 0 aliphatic heterocycles. The van der Waals surface area contributed by atoms with Crippen molar-refractivity contribution in [1.29, 1.82) is 0 Å². The molecule has 0 spiro atoms. The van der Waals surface area contributed by atoms with Crippen LogP contribution >= 0.6 is 0 Å². The highest BCUT2D eigenvalue weighted by molar-refractivity contribution is 4.92. The van der Waals surface area contributed by atoms with Crippen LogP contribution in [-0.2, 0) is 0 Å². The molecule has 5 unspecified atom stereocenters. The van der Waals surface area contributed by atoms with Gasteiger partial charge in [-0.2, -0.15) is 0 Å². The molecular formula is C13H24. The third-order valence-corrected chi connectivity index (χ3v) is 4.64. The van der Waals surface area contributed by atoms with Crippen LogP contribution < -0.4 is 0 Å². The Balaban J connectivity index is 1.86. The van der Waals surface area contributed by atoms with Crippen molar-refractivity contribution in [2.45, 2.75) is 52.9 Å². The Labute approximate surface area is 83.1 Å². The summed E-state index contributed by atoms with van der Waals surface area (Å²) >= 11 is 0. The fourth-order valence-electron chi connectivity index (χ4n) is 3.49. The SMILES string of the molecule is CCC1CCC(C2CC2C)C(C)C1. The molecule has 0 heteroatoms. The summed E-state index contributed by atoms with van der Waals surface area (Å²) in [6.07, 6.45) is 7.52. The van der Waals surface area contributed by atoms with E-state index in [2.05, 4.69) is 20.8 Å². The van der Waals surface area contributed by atoms with E-state index in [1.54, 1.807) is 0 Å². The number of rotatable bonds is 2. The van der Waals surface area contributed by atoms with E-state index in [0.717, 1.165) is 29.6 Å². The van der Waals surface area contributed by atoms with Crippen molar-refractivity contribution in [1.82, 2.24) is 0 Å². The minimum atomic E-state index is 1.02. The second-order valence-electron chi connectivity index (χ2n) is 5.61. The van der Waals surface area contributed by atoms with E-state index in [4.69, 9.17) is 0 Å². The first-order valence-corrected chi connectivity index (χ1v) is 6.22. The van der Waals surface area contributed by atoms with Gasteiger partial charge in [0.2, 0.25) is 0 Å². The lowest BCUT2D eigenvalue weighted by molar-refractivity contribution is 0.166. The van der Waals surface area contributed by atoms with E-state index in [1.807, 2.05) is 0 Å². The van der Waals surface area contributed by atoms with Gasteiger partial charge in [-0.25, -0.2) is 0 Å². The summed E-state index contributed by atoms with van der Waals surface area (Å²) < 4.78 is 0. The summed E-state index contributed by atoms with van der Waals surface area (Å²) in [4.78, 5) is 0.